The van der Waals surface area contributed by atoms with Crippen molar-refractivity contribution < 1.29 is 0 Å². The first-order valence-electron chi connectivity index (χ1n) is 5.95. The van der Waals surface area contributed by atoms with Crippen molar-refractivity contribution >= 4 is 12.2 Å². The molecule has 0 bridgehead atoms. The Labute approximate surface area is 102 Å². The SMILES string of the molecule is C=Cc1c(CCCC)cc(=O)[nH]c1/C=C/NC. The summed E-state index contributed by atoms with van der Waals surface area (Å²) in [5.74, 6) is 0. The molecule has 0 aliphatic heterocycles. The van der Waals surface area contributed by atoms with Crippen LogP contribution in [0.5, 0.6) is 0 Å². The maximum absolute atomic E-state index is 11.6. The second-order valence-corrected chi connectivity index (χ2v) is 3.92. The molecule has 0 aliphatic rings. The second kappa shape index (κ2) is 6.74. The van der Waals surface area contributed by atoms with Crippen LogP contribution in [0, 0.1) is 0 Å². The van der Waals surface area contributed by atoms with Gasteiger partial charge >= 0.3 is 0 Å². The van der Waals surface area contributed by atoms with Crippen LogP contribution in [0.15, 0.2) is 23.6 Å². The summed E-state index contributed by atoms with van der Waals surface area (Å²) in [6, 6.07) is 1.67. The number of hydrogen-bond acceptors (Lipinski definition) is 2. The summed E-state index contributed by atoms with van der Waals surface area (Å²) in [6.07, 6.45) is 8.57. The van der Waals surface area contributed by atoms with Crippen LogP contribution in [0.25, 0.3) is 12.2 Å². The van der Waals surface area contributed by atoms with E-state index in [1.54, 1.807) is 18.3 Å². The van der Waals surface area contributed by atoms with E-state index in [-0.39, 0.29) is 5.56 Å². The monoisotopic (exact) mass is 232 g/mol. The Morgan fingerprint density at radius 1 is 1.53 bits per heavy atom. The average molecular weight is 232 g/mol. The minimum atomic E-state index is -0.0579. The molecule has 0 aliphatic carbocycles. The van der Waals surface area contributed by atoms with E-state index in [4.69, 9.17) is 0 Å². The van der Waals surface area contributed by atoms with Gasteiger partial charge in [0.05, 0.1) is 0 Å². The van der Waals surface area contributed by atoms with Crippen LogP contribution in [-0.2, 0) is 6.42 Å². The third-order valence-corrected chi connectivity index (χ3v) is 2.62. The molecule has 0 amide bonds. The van der Waals surface area contributed by atoms with Gasteiger partial charge in [-0.3, -0.25) is 4.79 Å². The number of pyridine rings is 1. The van der Waals surface area contributed by atoms with Gasteiger partial charge in [-0.15, -0.1) is 0 Å². The number of H-pyrrole nitrogens is 1. The van der Waals surface area contributed by atoms with E-state index >= 15 is 0 Å². The summed E-state index contributed by atoms with van der Waals surface area (Å²) in [4.78, 5) is 14.4. The first kappa shape index (κ1) is 13.3. The van der Waals surface area contributed by atoms with Crippen molar-refractivity contribution in [2.45, 2.75) is 26.2 Å². The van der Waals surface area contributed by atoms with E-state index in [2.05, 4.69) is 23.8 Å². The second-order valence-electron chi connectivity index (χ2n) is 3.92. The molecule has 17 heavy (non-hydrogen) atoms. The van der Waals surface area contributed by atoms with Gasteiger partial charge < -0.3 is 10.3 Å². The van der Waals surface area contributed by atoms with E-state index in [0.717, 1.165) is 36.1 Å². The van der Waals surface area contributed by atoms with E-state index in [9.17, 15) is 4.79 Å². The zero-order valence-electron chi connectivity index (χ0n) is 10.5. The number of aryl methyl sites for hydroxylation is 1. The molecule has 0 saturated carbocycles. The molecule has 1 heterocycles. The number of rotatable bonds is 6. The Hall–Kier alpha value is -1.77. The fourth-order valence-electron chi connectivity index (χ4n) is 1.76. The molecule has 0 spiro atoms. The fourth-order valence-corrected chi connectivity index (χ4v) is 1.76. The van der Waals surface area contributed by atoms with Crippen LogP contribution in [-0.4, -0.2) is 12.0 Å². The lowest BCUT2D eigenvalue weighted by atomic mass is 10.0. The van der Waals surface area contributed by atoms with Crippen LogP contribution in [0.4, 0.5) is 0 Å². The molecule has 1 rings (SSSR count). The lowest BCUT2D eigenvalue weighted by molar-refractivity contribution is 0.791. The molecular weight excluding hydrogens is 212 g/mol. The minimum absolute atomic E-state index is 0.0579. The molecule has 0 unspecified atom stereocenters. The van der Waals surface area contributed by atoms with Crippen molar-refractivity contribution in [3.05, 3.63) is 46.0 Å². The first-order valence-corrected chi connectivity index (χ1v) is 5.95. The first-order chi connectivity index (χ1) is 8.22. The topological polar surface area (TPSA) is 44.9 Å². The molecule has 1 aromatic rings. The summed E-state index contributed by atoms with van der Waals surface area (Å²) in [6.45, 7) is 5.96. The molecule has 0 aromatic carbocycles. The predicted octanol–water partition coefficient (Wildman–Crippen LogP) is 2.55. The smallest absolute Gasteiger partial charge is 0.248 e. The largest absolute Gasteiger partial charge is 0.394 e. The van der Waals surface area contributed by atoms with Gasteiger partial charge in [0, 0.05) is 24.4 Å². The summed E-state index contributed by atoms with van der Waals surface area (Å²) in [5.41, 5.74) is 2.84. The van der Waals surface area contributed by atoms with Gasteiger partial charge in [0.25, 0.3) is 0 Å². The van der Waals surface area contributed by atoms with E-state index in [0.29, 0.717) is 0 Å². The lowest BCUT2D eigenvalue weighted by Gasteiger charge is -2.08. The van der Waals surface area contributed by atoms with Gasteiger partial charge in [-0.25, -0.2) is 0 Å². The Kier molecular flexibility index (Phi) is 5.27. The molecule has 0 saturated heterocycles. The van der Waals surface area contributed by atoms with Crippen LogP contribution in [0.3, 0.4) is 0 Å². The predicted molar refractivity (Wildman–Crippen MR) is 73.9 cm³/mol. The van der Waals surface area contributed by atoms with Crippen LogP contribution >= 0.6 is 0 Å². The molecule has 3 nitrogen and oxygen atoms in total. The highest BCUT2D eigenvalue weighted by Gasteiger charge is 2.05. The number of aromatic nitrogens is 1. The van der Waals surface area contributed by atoms with Crippen molar-refractivity contribution in [2.24, 2.45) is 0 Å². The maximum atomic E-state index is 11.6. The highest BCUT2D eigenvalue weighted by atomic mass is 16.1. The van der Waals surface area contributed by atoms with Crippen LogP contribution in [0.2, 0.25) is 0 Å². The summed E-state index contributed by atoms with van der Waals surface area (Å²) in [5, 5.41) is 2.91. The fraction of sp³-hybridized carbons (Fsp3) is 0.357. The lowest BCUT2D eigenvalue weighted by Crippen LogP contribution is -2.11. The Bertz CT molecular complexity index is 458. The van der Waals surface area contributed by atoms with Crippen LogP contribution in [0.1, 0.15) is 36.6 Å². The van der Waals surface area contributed by atoms with Crippen molar-refractivity contribution in [1.82, 2.24) is 10.3 Å². The highest BCUT2D eigenvalue weighted by molar-refractivity contribution is 5.64. The summed E-state index contributed by atoms with van der Waals surface area (Å²) in [7, 11) is 1.82. The molecule has 92 valence electrons. The third-order valence-electron chi connectivity index (χ3n) is 2.62. The van der Waals surface area contributed by atoms with Crippen molar-refractivity contribution in [3.63, 3.8) is 0 Å². The Balaban J connectivity index is 3.19. The van der Waals surface area contributed by atoms with E-state index in [1.807, 2.05) is 13.1 Å². The molecular formula is C14H20N2O. The summed E-state index contributed by atoms with van der Waals surface area (Å²) >= 11 is 0. The van der Waals surface area contributed by atoms with E-state index < -0.39 is 0 Å². The number of aromatic amines is 1. The molecule has 2 N–H and O–H groups in total. The van der Waals surface area contributed by atoms with E-state index in [1.165, 1.54) is 0 Å². The van der Waals surface area contributed by atoms with Gasteiger partial charge in [-0.1, -0.05) is 26.0 Å². The van der Waals surface area contributed by atoms with Crippen molar-refractivity contribution in [1.29, 1.82) is 0 Å². The normalized spacial score (nSPS) is 10.7. The third kappa shape index (κ3) is 3.63. The molecule has 1 aromatic heterocycles. The zero-order chi connectivity index (χ0) is 12.7. The van der Waals surface area contributed by atoms with Crippen molar-refractivity contribution in [3.8, 4) is 0 Å². The quantitative estimate of drug-likeness (QED) is 0.791. The molecule has 3 heteroatoms. The molecule has 0 radical (unpaired) electrons. The van der Waals surface area contributed by atoms with Gasteiger partial charge in [-0.05, 0) is 30.7 Å². The standard InChI is InChI=1S/C14H20N2O/c1-4-6-7-11-10-14(17)16-13(8-9-15-3)12(11)5-2/h5,8-10,15H,2,4,6-7H2,1,3H3,(H,16,17)/b9-8+. The van der Waals surface area contributed by atoms with Gasteiger partial charge in [0.1, 0.15) is 0 Å². The Morgan fingerprint density at radius 3 is 2.88 bits per heavy atom. The van der Waals surface area contributed by atoms with Gasteiger partial charge in [0.15, 0.2) is 0 Å². The minimum Gasteiger partial charge on any atom is -0.394 e. The molecule has 0 atom stereocenters. The highest BCUT2D eigenvalue weighted by Crippen LogP contribution is 2.16. The Morgan fingerprint density at radius 2 is 2.29 bits per heavy atom. The van der Waals surface area contributed by atoms with Gasteiger partial charge in [0.2, 0.25) is 5.56 Å². The number of hydrogen-bond donors (Lipinski definition) is 2. The summed E-state index contributed by atoms with van der Waals surface area (Å²) < 4.78 is 0. The van der Waals surface area contributed by atoms with Crippen LogP contribution < -0.4 is 10.9 Å². The zero-order valence-corrected chi connectivity index (χ0v) is 10.5. The number of nitrogens with one attached hydrogen (secondary N) is 2. The molecule has 0 fully saturated rings. The van der Waals surface area contributed by atoms with Gasteiger partial charge in [-0.2, -0.15) is 0 Å². The average Bonchev–Trinajstić information content (AvgIpc) is 2.33. The maximum Gasteiger partial charge on any atom is 0.248 e. The number of unbranched alkanes of at least 4 members (excludes halogenated alkanes) is 1. The van der Waals surface area contributed by atoms with Crippen molar-refractivity contribution in [2.75, 3.05) is 7.05 Å².